The average Bonchev–Trinajstić information content (AvgIpc) is 3.74. The summed E-state index contributed by atoms with van der Waals surface area (Å²) >= 11 is 7.09. The summed E-state index contributed by atoms with van der Waals surface area (Å²) in [6, 6.07) is 17.7. The second kappa shape index (κ2) is 11.9. The molecule has 0 radical (unpaired) electrons. The molecule has 0 aliphatic carbocycles. The minimum atomic E-state index is -0.0376. The summed E-state index contributed by atoms with van der Waals surface area (Å²) in [5.41, 5.74) is 8.69. The number of carbonyl (C=O) groups excluding carboxylic acids is 1. The Balaban J connectivity index is 1.21. The molecule has 9 nitrogen and oxygen atoms in total. The third-order valence-corrected chi connectivity index (χ3v) is 8.27. The van der Waals surface area contributed by atoms with Crippen LogP contribution in [0, 0.1) is 0 Å². The molecule has 4 aromatic rings. The molecule has 0 spiro atoms. The lowest BCUT2D eigenvalue weighted by Gasteiger charge is -2.21. The van der Waals surface area contributed by atoms with Gasteiger partial charge in [-0.15, -0.1) is 0 Å². The van der Waals surface area contributed by atoms with Crippen LogP contribution in [0.1, 0.15) is 18.9 Å². The van der Waals surface area contributed by atoms with Gasteiger partial charge in [-0.1, -0.05) is 48.0 Å². The number of halogens is 1. The number of anilines is 1. The van der Waals surface area contributed by atoms with Crippen LogP contribution in [-0.4, -0.2) is 76.2 Å². The lowest BCUT2D eigenvalue weighted by molar-refractivity contribution is -0.125. The van der Waals surface area contributed by atoms with Gasteiger partial charge in [0.05, 0.1) is 18.0 Å². The maximum atomic E-state index is 13.0. The summed E-state index contributed by atoms with van der Waals surface area (Å²) in [7, 11) is 2.06. The zero-order valence-corrected chi connectivity index (χ0v) is 23.7. The van der Waals surface area contributed by atoms with Gasteiger partial charge >= 0.3 is 0 Å². The Morgan fingerprint density at radius 3 is 2.68 bits per heavy atom. The van der Waals surface area contributed by atoms with Crippen LogP contribution in [-0.2, 0) is 9.53 Å². The van der Waals surface area contributed by atoms with Crippen molar-refractivity contribution in [3.63, 3.8) is 0 Å². The Morgan fingerprint density at radius 2 is 1.93 bits per heavy atom. The normalized spacial score (nSPS) is 19.1. The molecule has 2 N–H and O–H groups in total. The van der Waals surface area contributed by atoms with Crippen molar-refractivity contribution in [2.24, 2.45) is 0 Å². The summed E-state index contributed by atoms with van der Waals surface area (Å²) < 4.78 is 13.4. The molecule has 10 heteroatoms. The van der Waals surface area contributed by atoms with E-state index < -0.39 is 0 Å². The highest BCUT2D eigenvalue weighted by Crippen LogP contribution is 2.43. The summed E-state index contributed by atoms with van der Waals surface area (Å²) in [5, 5.41) is 1.23. The van der Waals surface area contributed by atoms with Crippen LogP contribution in [0.15, 0.2) is 73.1 Å². The number of hydrogen-bond donors (Lipinski definition) is 1. The number of nitrogens with two attached hydrogens (primary N) is 1. The lowest BCUT2D eigenvalue weighted by Crippen LogP contribution is -2.32. The van der Waals surface area contributed by atoms with Gasteiger partial charge in [0.1, 0.15) is 34.4 Å². The average molecular weight is 573 g/mol. The predicted molar refractivity (Wildman–Crippen MR) is 160 cm³/mol. The topological polar surface area (TPSA) is 98.7 Å². The van der Waals surface area contributed by atoms with Crippen molar-refractivity contribution >= 4 is 34.4 Å². The lowest BCUT2D eigenvalue weighted by atomic mass is 10.1. The Bertz CT molecular complexity index is 1550. The first-order valence-corrected chi connectivity index (χ1v) is 14.2. The van der Waals surface area contributed by atoms with E-state index in [9.17, 15) is 4.79 Å². The summed E-state index contributed by atoms with van der Waals surface area (Å²) in [6.07, 6.45) is 6.85. The molecule has 0 bridgehead atoms. The number of amides is 1. The van der Waals surface area contributed by atoms with E-state index in [0.717, 1.165) is 42.9 Å². The van der Waals surface area contributed by atoms with Crippen molar-refractivity contribution in [3.05, 3.63) is 78.2 Å². The molecule has 0 saturated carbocycles. The SMILES string of the molecule is CN(CC=CC(=O)N1CCC(n2c(Cl)c(-c3ccc(Oc4ccccc4)cc3)c3c(N)ncnc32)C1)C1CCOC1. The number of carbonyl (C=O) groups is 1. The van der Waals surface area contributed by atoms with Gasteiger partial charge in [0.2, 0.25) is 5.91 Å². The van der Waals surface area contributed by atoms with E-state index in [0.29, 0.717) is 53.4 Å². The Labute approximate surface area is 244 Å². The molecule has 2 atom stereocenters. The zero-order chi connectivity index (χ0) is 28.3. The van der Waals surface area contributed by atoms with Gasteiger partial charge in [0.25, 0.3) is 0 Å². The van der Waals surface area contributed by atoms with Gasteiger partial charge in [0, 0.05) is 43.9 Å². The first kappa shape index (κ1) is 27.3. The number of para-hydroxylation sites is 1. The van der Waals surface area contributed by atoms with Crippen molar-refractivity contribution in [2.45, 2.75) is 24.9 Å². The minimum Gasteiger partial charge on any atom is -0.457 e. The summed E-state index contributed by atoms with van der Waals surface area (Å²) in [4.78, 5) is 25.9. The first-order valence-electron chi connectivity index (χ1n) is 13.9. The van der Waals surface area contributed by atoms with Crippen molar-refractivity contribution in [1.29, 1.82) is 0 Å². The quantitative estimate of drug-likeness (QED) is 0.291. The molecular weight excluding hydrogens is 540 g/mol. The molecule has 2 unspecified atom stereocenters. The zero-order valence-electron chi connectivity index (χ0n) is 22.9. The summed E-state index contributed by atoms with van der Waals surface area (Å²) in [5.74, 6) is 1.84. The monoisotopic (exact) mass is 572 g/mol. The highest BCUT2D eigenvalue weighted by molar-refractivity contribution is 6.35. The van der Waals surface area contributed by atoms with Gasteiger partial charge in [0.15, 0.2) is 0 Å². The number of benzene rings is 2. The first-order chi connectivity index (χ1) is 20.0. The van der Waals surface area contributed by atoms with E-state index in [1.807, 2.05) is 70.1 Å². The number of likely N-dealkylation sites (N-methyl/N-ethyl adjacent to an activating group) is 1. The minimum absolute atomic E-state index is 0.000441. The van der Waals surface area contributed by atoms with E-state index in [4.69, 9.17) is 26.8 Å². The third kappa shape index (κ3) is 5.66. The van der Waals surface area contributed by atoms with Gasteiger partial charge in [-0.25, -0.2) is 9.97 Å². The highest BCUT2D eigenvalue weighted by Gasteiger charge is 2.32. The van der Waals surface area contributed by atoms with Gasteiger partial charge in [-0.2, -0.15) is 0 Å². The van der Waals surface area contributed by atoms with Crippen molar-refractivity contribution in [2.75, 3.05) is 45.6 Å². The van der Waals surface area contributed by atoms with E-state index >= 15 is 0 Å². The smallest absolute Gasteiger partial charge is 0.246 e. The fraction of sp³-hybridized carbons (Fsp3) is 0.323. The molecule has 2 aromatic heterocycles. The molecule has 2 aliphatic heterocycles. The maximum absolute atomic E-state index is 13.0. The van der Waals surface area contributed by atoms with Crippen LogP contribution >= 0.6 is 11.6 Å². The molecule has 41 heavy (non-hydrogen) atoms. The summed E-state index contributed by atoms with van der Waals surface area (Å²) in [6.45, 7) is 3.43. The standard InChI is InChI=1S/C31H33ClN6O3/c1-36(23-14-17-40-19-23)15-5-8-26(39)37-16-13-22(18-37)38-29(32)27(28-30(33)34-20-35-31(28)38)21-9-11-25(12-10-21)41-24-6-3-2-4-7-24/h2-12,20,22-23H,13-19H2,1H3,(H2,33,34,35). The van der Waals surface area contributed by atoms with Gasteiger partial charge < -0.3 is 24.7 Å². The Kier molecular flexibility index (Phi) is 7.91. The number of likely N-dealkylation sites (tertiary alicyclic amines) is 1. The third-order valence-electron chi connectivity index (χ3n) is 7.90. The second-order valence-corrected chi connectivity index (χ2v) is 10.9. The number of nitrogens with zero attached hydrogens (tertiary/aromatic N) is 5. The van der Waals surface area contributed by atoms with Crippen LogP contribution in [0.25, 0.3) is 22.2 Å². The fourth-order valence-electron chi connectivity index (χ4n) is 5.64. The number of nitrogen functional groups attached to an aromatic ring is 1. The number of rotatable bonds is 8. The van der Waals surface area contributed by atoms with Crippen molar-refractivity contribution < 1.29 is 14.3 Å². The van der Waals surface area contributed by atoms with E-state index in [1.165, 1.54) is 6.33 Å². The van der Waals surface area contributed by atoms with Crippen LogP contribution < -0.4 is 10.5 Å². The highest BCUT2D eigenvalue weighted by atomic mass is 35.5. The van der Waals surface area contributed by atoms with E-state index in [2.05, 4.69) is 21.9 Å². The van der Waals surface area contributed by atoms with Crippen molar-refractivity contribution in [3.8, 4) is 22.6 Å². The van der Waals surface area contributed by atoms with Crippen LogP contribution in [0.3, 0.4) is 0 Å². The Morgan fingerprint density at radius 1 is 1.15 bits per heavy atom. The number of fused-ring (bicyclic) bond motifs is 1. The van der Waals surface area contributed by atoms with E-state index in [1.54, 1.807) is 6.08 Å². The molecule has 2 fully saturated rings. The number of ether oxygens (including phenoxy) is 2. The molecule has 1 amide bonds. The van der Waals surface area contributed by atoms with Crippen LogP contribution in [0.4, 0.5) is 5.82 Å². The fourth-order valence-corrected chi connectivity index (χ4v) is 6.06. The maximum Gasteiger partial charge on any atom is 0.246 e. The molecule has 6 rings (SSSR count). The molecule has 2 aliphatic rings. The molecule has 212 valence electrons. The Hall–Kier alpha value is -3.92. The molecule has 2 saturated heterocycles. The van der Waals surface area contributed by atoms with Gasteiger partial charge in [-0.3, -0.25) is 9.69 Å². The molecular formula is C31H33ClN6O3. The van der Waals surface area contributed by atoms with Crippen LogP contribution in [0.5, 0.6) is 11.5 Å². The second-order valence-electron chi connectivity index (χ2n) is 10.5. The van der Waals surface area contributed by atoms with Gasteiger partial charge in [-0.05, 0) is 49.7 Å². The molecule has 4 heterocycles. The predicted octanol–water partition coefficient (Wildman–Crippen LogP) is 5.18. The van der Waals surface area contributed by atoms with Crippen molar-refractivity contribution in [1.82, 2.24) is 24.3 Å². The van der Waals surface area contributed by atoms with Crippen LogP contribution in [0.2, 0.25) is 5.15 Å². The number of hydrogen-bond acceptors (Lipinski definition) is 7. The largest absolute Gasteiger partial charge is 0.457 e. The molecule has 2 aromatic carbocycles. The van der Waals surface area contributed by atoms with E-state index in [-0.39, 0.29) is 11.9 Å². The number of aromatic nitrogens is 3.